The number of nitrogens with zero attached hydrogens (tertiary/aromatic N) is 4. The second kappa shape index (κ2) is 9.77. The lowest BCUT2D eigenvalue weighted by Gasteiger charge is -2.32. The monoisotopic (exact) mass is 431 g/mol. The van der Waals surface area contributed by atoms with Gasteiger partial charge >= 0.3 is 0 Å². The van der Waals surface area contributed by atoms with Gasteiger partial charge in [-0.3, -0.25) is 9.78 Å². The van der Waals surface area contributed by atoms with Gasteiger partial charge in [0.15, 0.2) is 6.61 Å². The first-order chi connectivity index (χ1) is 15.5. The van der Waals surface area contributed by atoms with Crippen LogP contribution < -0.4 is 10.1 Å². The predicted octanol–water partition coefficient (Wildman–Crippen LogP) is 4.33. The van der Waals surface area contributed by atoms with Crippen molar-refractivity contribution in [1.29, 1.82) is 0 Å². The maximum absolute atomic E-state index is 12.7. The number of benzene rings is 1. The van der Waals surface area contributed by atoms with Crippen molar-refractivity contribution >= 4 is 17.5 Å². The molecule has 32 heavy (non-hydrogen) atoms. The molecule has 7 nitrogen and oxygen atoms in total. The molecular formula is C25H29N5O2. The maximum Gasteiger partial charge on any atom is 0.260 e. The average Bonchev–Trinajstić information content (AvgIpc) is 2.77. The van der Waals surface area contributed by atoms with Gasteiger partial charge in [-0.05, 0) is 63.9 Å². The first-order valence-corrected chi connectivity index (χ1v) is 11.0. The average molecular weight is 432 g/mol. The smallest absolute Gasteiger partial charge is 0.260 e. The van der Waals surface area contributed by atoms with E-state index in [4.69, 9.17) is 9.72 Å². The number of likely N-dealkylation sites (tertiary alicyclic amines) is 1. The highest BCUT2D eigenvalue weighted by atomic mass is 16.5. The van der Waals surface area contributed by atoms with Crippen LogP contribution in [0.4, 0.5) is 11.6 Å². The van der Waals surface area contributed by atoms with E-state index >= 15 is 0 Å². The van der Waals surface area contributed by atoms with Crippen molar-refractivity contribution in [3.8, 4) is 5.75 Å². The Morgan fingerprint density at radius 3 is 2.50 bits per heavy atom. The minimum Gasteiger partial charge on any atom is -0.484 e. The van der Waals surface area contributed by atoms with Crippen molar-refractivity contribution in [3.05, 3.63) is 71.3 Å². The lowest BCUT2D eigenvalue weighted by Crippen LogP contribution is -2.41. The molecule has 0 saturated carbocycles. The van der Waals surface area contributed by atoms with Crippen LogP contribution in [0.3, 0.4) is 0 Å². The fraction of sp³-hybridized carbons (Fsp3) is 0.360. The molecule has 7 heteroatoms. The Morgan fingerprint density at radius 2 is 1.75 bits per heavy atom. The van der Waals surface area contributed by atoms with Crippen molar-refractivity contribution < 1.29 is 9.53 Å². The topological polar surface area (TPSA) is 80.2 Å². The minimum absolute atomic E-state index is 0.00758. The van der Waals surface area contributed by atoms with Crippen LogP contribution in [0.2, 0.25) is 0 Å². The van der Waals surface area contributed by atoms with E-state index in [0.29, 0.717) is 18.2 Å². The summed E-state index contributed by atoms with van der Waals surface area (Å²) in [5.41, 5.74) is 4.66. The molecule has 3 heterocycles. The normalized spacial score (nSPS) is 16.0. The van der Waals surface area contributed by atoms with Gasteiger partial charge in [-0.15, -0.1) is 0 Å². The Morgan fingerprint density at radius 1 is 1.03 bits per heavy atom. The number of aromatic nitrogens is 3. The molecule has 0 spiro atoms. The summed E-state index contributed by atoms with van der Waals surface area (Å²) >= 11 is 0. The largest absolute Gasteiger partial charge is 0.484 e. The van der Waals surface area contributed by atoms with E-state index in [1.165, 1.54) is 0 Å². The Hall–Kier alpha value is -3.48. The quantitative estimate of drug-likeness (QED) is 0.626. The Labute approximate surface area is 188 Å². The van der Waals surface area contributed by atoms with Crippen LogP contribution in [0.15, 0.2) is 48.5 Å². The van der Waals surface area contributed by atoms with Gasteiger partial charge in [0.1, 0.15) is 5.75 Å². The molecule has 1 N–H and O–H groups in total. The number of ether oxygens (including phenoxy) is 1. The van der Waals surface area contributed by atoms with Gasteiger partial charge in [-0.2, -0.15) is 0 Å². The van der Waals surface area contributed by atoms with Crippen LogP contribution in [0.25, 0.3) is 0 Å². The highest BCUT2D eigenvalue weighted by Gasteiger charge is 2.26. The number of rotatable bonds is 6. The molecule has 1 atom stereocenters. The molecule has 1 amide bonds. The number of para-hydroxylation sites is 1. The number of aryl methyl sites for hydroxylation is 3. The van der Waals surface area contributed by atoms with E-state index in [0.717, 1.165) is 47.8 Å². The molecule has 3 aromatic rings. The van der Waals surface area contributed by atoms with Gasteiger partial charge in [-0.1, -0.05) is 18.2 Å². The van der Waals surface area contributed by atoms with Gasteiger partial charge < -0.3 is 15.0 Å². The van der Waals surface area contributed by atoms with Crippen molar-refractivity contribution in [2.75, 3.05) is 25.0 Å². The fourth-order valence-electron chi connectivity index (χ4n) is 4.08. The lowest BCUT2D eigenvalue weighted by molar-refractivity contribution is -0.134. The Balaban J connectivity index is 1.44. The van der Waals surface area contributed by atoms with Gasteiger partial charge in [0, 0.05) is 47.5 Å². The SMILES string of the molecule is Cc1cc(Nc2nc(C)cc(C)n2)cc([C@@H]2CCCN(C(=O)COc3ccccc3)C2)n1. The molecular weight excluding hydrogens is 402 g/mol. The second-order valence-electron chi connectivity index (χ2n) is 8.30. The molecule has 166 valence electrons. The Bertz CT molecular complexity index is 1070. The molecule has 1 aromatic carbocycles. The third-order valence-corrected chi connectivity index (χ3v) is 5.51. The van der Waals surface area contributed by atoms with Crippen LogP contribution in [0.1, 0.15) is 41.5 Å². The molecule has 1 aliphatic rings. The standard InChI is InChI=1S/C25H29N5O2/c1-17-12-18(2)28-25(27-17)29-21-13-19(3)26-23(14-21)20-8-7-11-30(15-20)24(31)16-32-22-9-5-4-6-10-22/h4-6,9-10,12-14,20H,7-8,11,15-16H2,1-3H3,(H,26,27,28,29)/t20-/m1/s1. The van der Waals surface area contributed by atoms with E-state index < -0.39 is 0 Å². The van der Waals surface area contributed by atoms with Gasteiger partial charge in [0.2, 0.25) is 5.95 Å². The molecule has 0 radical (unpaired) electrons. The van der Waals surface area contributed by atoms with Crippen molar-refractivity contribution in [3.63, 3.8) is 0 Å². The summed E-state index contributed by atoms with van der Waals surface area (Å²) in [7, 11) is 0. The van der Waals surface area contributed by atoms with E-state index in [9.17, 15) is 4.79 Å². The number of nitrogens with one attached hydrogen (secondary N) is 1. The highest BCUT2D eigenvalue weighted by Crippen LogP contribution is 2.28. The summed E-state index contributed by atoms with van der Waals surface area (Å²) in [6, 6.07) is 15.4. The van der Waals surface area contributed by atoms with E-state index in [-0.39, 0.29) is 18.4 Å². The van der Waals surface area contributed by atoms with Crippen LogP contribution in [0, 0.1) is 20.8 Å². The zero-order chi connectivity index (χ0) is 22.5. The second-order valence-corrected chi connectivity index (χ2v) is 8.30. The molecule has 0 unspecified atom stereocenters. The zero-order valence-electron chi connectivity index (χ0n) is 18.8. The minimum atomic E-state index is 0.00758. The fourth-order valence-corrected chi connectivity index (χ4v) is 4.08. The molecule has 0 aliphatic carbocycles. The van der Waals surface area contributed by atoms with Crippen LogP contribution >= 0.6 is 0 Å². The van der Waals surface area contributed by atoms with E-state index in [1.807, 2.05) is 74.2 Å². The third-order valence-electron chi connectivity index (χ3n) is 5.51. The predicted molar refractivity (Wildman–Crippen MR) is 124 cm³/mol. The number of hydrogen-bond acceptors (Lipinski definition) is 6. The molecule has 0 bridgehead atoms. The summed E-state index contributed by atoms with van der Waals surface area (Å²) in [5.74, 6) is 1.48. The zero-order valence-corrected chi connectivity index (χ0v) is 18.8. The Kier molecular flexibility index (Phi) is 6.63. The number of pyridine rings is 1. The number of piperidine rings is 1. The first kappa shape index (κ1) is 21.7. The van der Waals surface area contributed by atoms with Crippen LogP contribution in [-0.2, 0) is 4.79 Å². The summed E-state index contributed by atoms with van der Waals surface area (Å²) in [5, 5.41) is 3.32. The number of amides is 1. The van der Waals surface area contributed by atoms with E-state index in [1.54, 1.807) is 0 Å². The van der Waals surface area contributed by atoms with Gasteiger partial charge in [0.25, 0.3) is 5.91 Å². The van der Waals surface area contributed by atoms with E-state index in [2.05, 4.69) is 15.3 Å². The summed E-state index contributed by atoms with van der Waals surface area (Å²) in [6.45, 7) is 7.34. The van der Waals surface area contributed by atoms with Crippen LogP contribution in [-0.4, -0.2) is 45.5 Å². The summed E-state index contributed by atoms with van der Waals surface area (Å²) in [6.07, 6.45) is 1.94. The number of anilines is 2. The third kappa shape index (κ3) is 5.60. The van der Waals surface area contributed by atoms with Crippen LogP contribution in [0.5, 0.6) is 5.75 Å². The summed E-state index contributed by atoms with van der Waals surface area (Å²) in [4.78, 5) is 28.3. The molecule has 1 aliphatic heterocycles. The van der Waals surface area contributed by atoms with Crippen molar-refractivity contribution in [2.24, 2.45) is 0 Å². The number of carbonyl (C=O) groups is 1. The summed E-state index contributed by atoms with van der Waals surface area (Å²) < 4.78 is 5.66. The molecule has 4 rings (SSSR count). The van der Waals surface area contributed by atoms with Crippen molar-refractivity contribution in [2.45, 2.75) is 39.5 Å². The molecule has 2 aromatic heterocycles. The maximum atomic E-state index is 12.7. The number of hydrogen-bond donors (Lipinski definition) is 1. The molecule has 1 fully saturated rings. The van der Waals surface area contributed by atoms with Crippen molar-refractivity contribution in [1.82, 2.24) is 19.9 Å². The van der Waals surface area contributed by atoms with Gasteiger partial charge in [0.05, 0.1) is 0 Å². The molecule has 1 saturated heterocycles. The first-order valence-electron chi connectivity index (χ1n) is 11.0. The number of carbonyl (C=O) groups excluding carboxylic acids is 1. The lowest BCUT2D eigenvalue weighted by atomic mass is 9.93. The van der Waals surface area contributed by atoms with Gasteiger partial charge in [-0.25, -0.2) is 9.97 Å². The highest BCUT2D eigenvalue weighted by molar-refractivity contribution is 5.78.